The summed E-state index contributed by atoms with van der Waals surface area (Å²) in [5, 5.41) is 20.1. The molecule has 0 saturated heterocycles. The molecule has 0 radical (unpaired) electrons. The van der Waals surface area contributed by atoms with Gasteiger partial charge in [0.05, 0.1) is 10.6 Å². The van der Waals surface area contributed by atoms with Gasteiger partial charge in [-0.05, 0) is 33.8 Å². The van der Waals surface area contributed by atoms with Gasteiger partial charge in [0.25, 0.3) is 5.69 Å². The van der Waals surface area contributed by atoms with Gasteiger partial charge in [-0.25, -0.2) is 4.79 Å². The minimum atomic E-state index is -1.14. The van der Waals surface area contributed by atoms with E-state index < -0.39 is 16.6 Å². The smallest absolute Gasteiger partial charge is 0.412 e. The number of rotatable bonds is 2. The quantitative estimate of drug-likeness (QED) is 0.647. The van der Waals surface area contributed by atoms with Crippen LogP contribution >= 0.6 is 0 Å². The van der Waals surface area contributed by atoms with Crippen LogP contribution in [0.4, 0.5) is 16.2 Å². The first-order valence-corrected chi connectivity index (χ1v) is 5.43. The van der Waals surface area contributed by atoms with E-state index in [1.165, 1.54) is 6.07 Å². The third-order valence-corrected chi connectivity index (χ3v) is 2.51. The lowest BCUT2D eigenvalue weighted by Gasteiger charge is -2.33. The Bertz CT molecular complexity index is 491. The van der Waals surface area contributed by atoms with Gasteiger partial charge in [0.2, 0.25) is 0 Å². The van der Waals surface area contributed by atoms with Gasteiger partial charge < -0.3 is 5.11 Å². The van der Waals surface area contributed by atoms with Crippen molar-refractivity contribution in [2.45, 2.75) is 33.2 Å². The molecule has 0 atom stereocenters. The molecule has 1 rings (SSSR count). The fourth-order valence-electron chi connectivity index (χ4n) is 1.72. The van der Waals surface area contributed by atoms with E-state index in [1.54, 1.807) is 39.8 Å². The standard InChI is InChI=1S/C12H16N2O4/c1-8-5-6-9(7-10(8)14(17)18)13(11(15)16)12(2,3)4/h5-7H,1-4H3,(H,15,16). The molecular formula is C12H16N2O4. The van der Waals surface area contributed by atoms with Crippen LogP contribution in [0.2, 0.25) is 0 Å². The number of amides is 1. The van der Waals surface area contributed by atoms with Gasteiger partial charge in [-0.3, -0.25) is 15.0 Å². The normalized spacial score (nSPS) is 11.1. The number of nitrogens with zero attached hydrogens (tertiary/aromatic N) is 2. The van der Waals surface area contributed by atoms with Crippen molar-refractivity contribution in [1.82, 2.24) is 0 Å². The third kappa shape index (κ3) is 2.77. The summed E-state index contributed by atoms with van der Waals surface area (Å²) < 4.78 is 0. The molecule has 0 aliphatic heterocycles. The van der Waals surface area contributed by atoms with Gasteiger partial charge in [-0.2, -0.15) is 0 Å². The fourth-order valence-corrected chi connectivity index (χ4v) is 1.72. The summed E-state index contributed by atoms with van der Waals surface area (Å²) in [6.07, 6.45) is -1.14. The Labute approximate surface area is 105 Å². The minimum absolute atomic E-state index is 0.0806. The molecule has 0 unspecified atom stereocenters. The van der Waals surface area contributed by atoms with Gasteiger partial charge in [0.15, 0.2) is 0 Å². The second kappa shape index (κ2) is 4.64. The molecule has 6 heteroatoms. The molecule has 0 aliphatic carbocycles. The van der Waals surface area contributed by atoms with Crippen molar-refractivity contribution in [1.29, 1.82) is 0 Å². The molecule has 0 fully saturated rings. The molecule has 1 aromatic carbocycles. The van der Waals surface area contributed by atoms with Crippen LogP contribution in [0.3, 0.4) is 0 Å². The van der Waals surface area contributed by atoms with Gasteiger partial charge >= 0.3 is 6.09 Å². The molecule has 0 aliphatic rings. The first-order chi connectivity index (χ1) is 8.14. The highest BCUT2D eigenvalue weighted by atomic mass is 16.6. The van der Waals surface area contributed by atoms with Crippen molar-refractivity contribution in [3.05, 3.63) is 33.9 Å². The molecule has 1 amide bonds. The molecule has 0 saturated carbocycles. The molecule has 0 heterocycles. The number of hydrogen-bond donors (Lipinski definition) is 1. The lowest BCUT2D eigenvalue weighted by atomic mass is 10.0. The summed E-state index contributed by atoms with van der Waals surface area (Å²) in [7, 11) is 0. The largest absolute Gasteiger partial charge is 0.465 e. The number of nitro groups is 1. The van der Waals surface area contributed by atoms with Crippen LogP contribution in [-0.2, 0) is 0 Å². The molecule has 0 bridgehead atoms. The Morgan fingerprint density at radius 3 is 2.33 bits per heavy atom. The average molecular weight is 252 g/mol. The Morgan fingerprint density at radius 1 is 1.39 bits per heavy atom. The number of benzene rings is 1. The second-order valence-corrected chi connectivity index (χ2v) is 5.02. The number of carboxylic acid groups (broad SMARTS) is 1. The number of hydrogen-bond acceptors (Lipinski definition) is 3. The maximum atomic E-state index is 11.3. The summed E-state index contributed by atoms with van der Waals surface area (Å²) in [5.41, 5.74) is 0.0490. The molecule has 1 aromatic rings. The third-order valence-electron chi connectivity index (χ3n) is 2.51. The molecule has 6 nitrogen and oxygen atoms in total. The molecule has 1 N–H and O–H groups in total. The zero-order chi connectivity index (χ0) is 14.1. The second-order valence-electron chi connectivity index (χ2n) is 5.02. The highest BCUT2D eigenvalue weighted by Crippen LogP contribution is 2.29. The van der Waals surface area contributed by atoms with Crippen LogP contribution in [-0.4, -0.2) is 21.7 Å². The predicted molar refractivity (Wildman–Crippen MR) is 68.1 cm³/mol. The van der Waals surface area contributed by atoms with E-state index in [4.69, 9.17) is 0 Å². The van der Waals surface area contributed by atoms with Crippen LogP contribution in [0, 0.1) is 17.0 Å². The summed E-state index contributed by atoms with van der Waals surface area (Å²) >= 11 is 0. The molecule has 0 aromatic heterocycles. The number of nitro benzene ring substituents is 1. The highest BCUT2D eigenvalue weighted by molar-refractivity contribution is 5.88. The lowest BCUT2D eigenvalue weighted by molar-refractivity contribution is -0.385. The zero-order valence-electron chi connectivity index (χ0n) is 10.8. The summed E-state index contributed by atoms with van der Waals surface area (Å²) in [6.45, 7) is 6.80. The van der Waals surface area contributed by atoms with Gasteiger partial charge in [-0.15, -0.1) is 0 Å². The van der Waals surface area contributed by atoms with E-state index in [-0.39, 0.29) is 5.69 Å². The minimum Gasteiger partial charge on any atom is -0.465 e. The average Bonchev–Trinajstić information content (AvgIpc) is 2.17. The SMILES string of the molecule is Cc1ccc(N(C(=O)O)C(C)(C)C)cc1[N+](=O)[O-]. The first kappa shape index (κ1) is 14.0. The summed E-state index contributed by atoms with van der Waals surface area (Å²) in [6, 6.07) is 4.41. The van der Waals surface area contributed by atoms with Crippen molar-refractivity contribution < 1.29 is 14.8 Å². The van der Waals surface area contributed by atoms with Crippen LogP contribution in [0.15, 0.2) is 18.2 Å². The Morgan fingerprint density at radius 2 is 1.94 bits per heavy atom. The number of aryl methyl sites for hydroxylation is 1. The van der Waals surface area contributed by atoms with Crippen LogP contribution in [0.25, 0.3) is 0 Å². The van der Waals surface area contributed by atoms with Crippen LogP contribution in [0.5, 0.6) is 0 Å². The van der Waals surface area contributed by atoms with Crippen molar-refractivity contribution in [3.63, 3.8) is 0 Å². The van der Waals surface area contributed by atoms with E-state index in [0.717, 1.165) is 4.90 Å². The Hall–Kier alpha value is -2.11. The fraction of sp³-hybridized carbons (Fsp3) is 0.417. The van der Waals surface area contributed by atoms with Crippen molar-refractivity contribution in [2.75, 3.05) is 4.90 Å². The highest BCUT2D eigenvalue weighted by Gasteiger charge is 2.29. The van der Waals surface area contributed by atoms with Gasteiger partial charge in [0, 0.05) is 17.2 Å². The van der Waals surface area contributed by atoms with Crippen molar-refractivity contribution in [3.8, 4) is 0 Å². The van der Waals surface area contributed by atoms with Gasteiger partial charge in [0.1, 0.15) is 0 Å². The van der Waals surface area contributed by atoms with Crippen molar-refractivity contribution >= 4 is 17.5 Å². The van der Waals surface area contributed by atoms with E-state index >= 15 is 0 Å². The maximum absolute atomic E-state index is 11.3. The van der Waals surface area contributed by atoms with E-state index in [0.29, 0.717) is 11.3 Å². The monoisotopic (exact) mass is 252 g/mol. The van der Waals surface area contributed by atoms with Crippen molar-refractivity contribution in [2.24, 2.45) is 0 Å². The Balaban J connectivity index is 3.35. The summed E-state index contributed by atoms with van der Waals surface area (Å²) in [4.78, 5) is 22.7. The van der Waals surface area contributed by atoms with Gasteiger partial charge in [-0.1, -0.05) is 6.07 Å². The van der Waals surface area contributed by atoms with E-state index in [1.807, 2.05) is 0 Å². The molecule has 18 heavy (non-hydrogen) atoms. The Kier molecular flexibility index (Phi) is 3.59. The summed E-state index contributed by atoms with van der Waals surface area (Å²) in [5.74, 6) is 0. The molecular weight excluding hydrogens is 236 g/mol. The number of anilines is 1. The van der Waals surface area contributed by atoms with Crippen LogP contribution in [0.1, 0.15) is 26.3 Å². The lowest BCUT2D eigenvalue weighted by Crippen LogP contribution is -2.45. The van der Waals surface area contributed by atoms with E-state index in [2.05, 4.69) is 0 Å². The topological polar surface area (TPSA) is 83.7 Å². The molecule has 0 spiro atoms. The number of carbonyl (C=O) groups is 1. The zero-order valence-corrected chi connectivity index (χ0v) is 10.8. The predicted octanol–water partition coefficient (Wildman–Crippen LogP) is 3.19. The first-order valence-electron chi connectivity index (χ1n) is 5.43. The van der Waals surface area contributed by atoms with E-state index in [9.17, 15) is 20.0 Å². The maximum Gasteiger partial charge on any atom is 0.412 e. The van der Waals surface area contributed by atoms with Crippen LogP contribution < -0.4 is 4.90 Å². The molecule has 98 valence electrons.